The molecule has 0 spiro atoms. The van der Waals surface area contributed by atoms with Gasteiger partial charge in [-0.15, -0.1) is 0 Å². The standard InChI is InChI=1S/C30H44O5/c1-16(18(3)28(34)35-7)8-9-17(2)20-10-11-21-26-24(32)14-22-19(4)23(31)12-13-29(22,5)27(26)25(33)15-30(20,21)6/h17-22,24,32H,1,8-15H2,2-7H3/t17-,18+,19+,20-,21-,22-,24+,29+,30-/m1/s1. The second-order valence-electron chi connectivity index (χ2n) is 12.6. The normalized spacial score (nSPS) is 40.5. The third-order valence-corrected chi connectivity index (χ3v) is 10.9. The van der Waals surface area contributed by atoms with E-state index in [4.69, 9.17) is 4.74 Å². The smallest absolute Gasteiger partial charge is 0.312 e. The minimum absolute atomic E-state index is 0.0461. The number of carbonyl (C=O) groups excluding carboxylic acids is 3. The number of hydrogen-bond acceptors (Lipinski definition) is 5. The maximum atomic E-state index is 13.9. The van der Waals surface area contributed by atoms with E-state index in [0.29, 0.717) is 31.1 Å². The first-order chi connectivity index (χ1) is 16.4. The van der Waals surface area contributed by atoms with Gasteiger partial charge in [-0.25, -0.2) is 0 Å². The molecule has 0 aromatic carbocycles. The number of esters is 1. The number of methoxy groups -OCH3 is 1. The van der Waals surface area contributed by atoms with Crippen LogP contribution in [0.1, 0.15) is 86.0 Å². The van der Waals surface area contributed by atoms with Crippen molar-refractivity contribution in [3.8, 4) is 0 Å². The Morgan fingerprint density at radius 2 is 1.91 bits per heavy atom. The highest BCUT2D eigenvalue weighted by Gasteiger charge is 2.61. The second kappa shape index (κ2) is 9.28. The summed E-state index contributed by atoms with van der Waals surface area (Å²) in [6, 6.07) is 0. The highest BCUT2D eigenvalue weighted by Crippen LogP contribution is 2.65. The molecule has 1 N–H and O–H groups in total. The predicted octanol–water partition coefficient (Wildman–Crippen LogP) is 5.46. The van der Waals surface area contributed by atoms with Crippen molar-refractivity contribution in [2.45, 2.75) is 92.1 Å². The fourth-order valence-electron chi connectivity index (χ4n) is 8.67. The van der Waals surface area contributed by atoms with Crippen molar-refractivity contribution >= 4 is 17.5 Å². The summed E-state index contributed by atoms with van der Waals surface area (Å²) in [6.45, 7) is 14.7. The molecule has 0 amide bonds. The van der Waals surface area contributed by atoms with Crippen molar-refractivity contribution in [1.82, 2.24) is 0 Å². The van der Waals surface area contributed by atoms with Crippen LogP contribution in [0.4, 0.5) is 0 Å². The van der Waals surface area contributed by atoms with Gasteiger partial charge in [0.2, 0.25) is 0 Å². The van der Waals surface area contributed by atoms with Gasteiger partial charge in [0.1, 0.15) is 5.78 Å². The van der Waals surface area contributed by atoms with Crippen molar-refractivity contribution in [3.63, 3.8) is 0 Å². The minimum atomic E-state index is -0.625. The molecule has 5 nitrogen and oxygen atoms in total. The third kappa shape index (κ3) is 4.06. The van der Waals surface area contributed by atoms with Gasteiger partial charge in [0.05, 0.1) is 19.1 Å². The van der Waals surface area contributed by atoms with E-state index in [-0.39, 0.29) is 52.0 Å². The van der Waals surface area contributed by atoms with E-state index in [2.05, 4.69) is 27.4 Å². The van der Waals surface area contributed by atoms with E-state index in [1.54, 1.807) is 0 Å². The van der Waals surface area contributed by atoms with Gasteiger partial charge in [-0.2, -0.15) is 0 Å². The van der Waals surface area contributed by atoms with Crippen molar-refractivity contribution in [2.75, 3.05) is 7.11 Å². The number of aliphatic hydroxyl groups excluding tert-OH is 1. The van der Waals surface area contributed by atoms with Crippen LogP contribution in [0.15, 0.2) is 23.3 Å². The van der Waals surface area contributed by atoms with E-state index in [0.717, 1.165) is 48.8 Å². The molecule has 0 bridgehead atoms. The second-order valence-corrected chi connectivity index (χ2v) is 12.6. The Kier molecular flexibility index (Phi) is 6.98. The molecule has 4 rings (SSSR count). The molecule has 35 heavy (non-hydrogen) atoms. The van der Waals surface area contributed by atoms with Gasteiger partial charge in [-0.3, -0.25) is 14.4 Å². The van der Waals surface area contributed by atoms with Crippen molar-refractivity contribution in [3.05, 3.63) is 23.3 Å². The summed E-state index contributed by atoms with van der Waals surface area (Å²) in [5.41, 5.74) is 2.34. The number of carbonyl (C=O) groups is 3. The summed E-state index contributed by atoms with van der Waals surface area (Å²) in [6.07, 6.45) is 5.50. The zero-order valence-corrected chi connectivity index (χ0v) is 22.5. The molecule has 0 aromatic heterocycles. The molecule has 0 radical (unpaired) electrons. The number of ether oxygens (including phenoxy) is 1. The highest BCUT2D eigenvalue weighted by molar-refractivity contribution is 6.00. The lowest BCUT2D eigenvalue weighted by Crippen LogP contribution is -2.54. The van der Waals surface area contributed by atoms with Crippen molar-refractivity contribution in [2.24, 2.45) is 46.3 Å². The number of Topliss-reactive ketones (excluding diaryl/α,β-unsaturated/α-hetero) is 2. The first-order valence-electron chi connectivity index (χ1n) is 13.6. The van der Waals surface area contributed by atoms with Crippen LogP contribution in [-0.4, -0.2) is 35.9 Å². The monoisotopic (exact) mass is 484 g/mol. The van der Waals surface area contributed by atoms with Crippen molar-refractivity contribution in [1.29, 1.82) is 0 Å². The van der Waals surface area contributed by atoms with Crippen LogP contribution in [0, 0.1) is 46.3 Å². The minimum Gasteiger partial charge on any atom is -0.469 e. The van der Waals surface area contributed by atoms with E-state index < -0.39 is 6.10 Å². The van der Waals surface area contributed by atoms with Gasteiger partial charge in [0.25, 0.3) is 0 Å². The fraction of sp³-hybridized carbons (Fsp3) is 0.767. The summed E-state index contributed by atoms with van der Waals surface area (Å²) < 4.78 is 4.87. The third-order valence-electron chi connectivity index (χ3n) is 10.9. The topological polar surface area (TPSA) is 80.7 Å². The van der Waals surface area contributed by atoms with Crippen LogP contribution in [0.2, 0.25) is 0 Å². The number of allylic oxidation sites excluding steroid dienone is 1. The zero-order chi connectivity index (χ0) is 25.9. The van der Waals surface area contributed by atoms with Crippen molar-refractivity contribution < 1.29 is 24.2 Å². The lowest BCUT2D eigenvalue weighted by molar-refractivity contribution is -0.143. The van der Waals surface area contributed by atoms with Crippen LogP contribution in [0.3, 0.4) is 0 Å². The molecule has 0 saturated heterocycles. The lowest BCUT2D eigenvalue weighted by atomic mass is 9.48. The summed E-state index contributed by atoms with van der Waals surface area (Å²) >= 11 is 0. The zero-order valence-electron chi connectivity index (χ0n) is 22.5. The summed E-state index contributed by atoms with van der Waals surface area (Å²) in [5, 5.41) is 11.4. The molecule has 2 fully saturated rings. The van der Waals surface area contributed by atoms with Gasteiger partial charge in [0.15, 0.2) is 5.78 Å². The van der Waals surface area contributed by atoms with Crippen LogP contribution in [0.25, 0.3) is 0 Å². The van der Waals surface area contributed by atoms with Crippen LogP contribution >= 0.6 is 0 Å². The molecule has 5 heteroatoms. The van der Waals surface area contributed by atoms with E-state index in [1.165, 1.54) is 7.11 Å². The average molecular weight is 485 g/mol. The Labute approximate surface area is 210 Å². The SMILES string of the molecule is C=C(CC[C@@H](C)[C@H]1CC[C@@H]2C3=C(C(=O)C[C@@]21C)[C@@]1(C)CCC(=O)[C@@H](C)[C@H]1C[C@@H]3O)[C@H](C)C(=O)OC. The Balaban J connectivity index is 1.58. The number of hydrogen-bond donors (Lipinski definition) is 1. The van der Waals surface area contributed by atoms with E-state index >= 15 is 0 Å². The summed E-state index contributed by atoms with van der Waals surface area (Å²) in [4.78, 5) is 38.3. The van der Waals surface area contributed by atoms with Crippen LogP contribution in [0.5, 0.6) is 0 Å². The molecule has 194 valence electrons. The Morgan fingerprint density at radius 3 is 2.57 bits per heavy atom. The highest BCUT2D eigenvalue weighted by atomic mass is 16.5. The maximum absolute atomic E-state index is 13.9. The van der Waals surface area contributed by atoms with Crippen LogP contribution < -0.4 is 0 Å². The molecular formula is C30H44O5. The fourth-order valence-corrected chi connectivity index (χ4v) is 8.67. The molecule has 4 aliphatic rings. The maximum Gasteiger partial charge on any atom is 0.312 e. The average Bonchev–Trinajstić information content (AvgIpc) is 3.16. The van der Waals surface area contributed by atoms with Gasteiger partial charge in [-0.05, 0) is 80.1 Å². The largest absolute Gasteiger partial charge is 0.469 e. The van der Waals surface area contributed by atoms with E-state index in [9.17, 15) is 19.5 Å². The Morgan fingerprint density at radius 1 is 1.23 bits per heavy atom. The van der Waals surface area contributed by atoms with Gasteiger partial charge < -0.3 is 9.84 Å². The number of ketones is 2. The number of fused-ring (bicyclic) bond motifs is 4. The molecule has 0 aromatic rings. The first kappa shape index (κ1) is 26.3. The molecule has 0 unspecified atom stereocenters. The summed E-state index contributed by atoms with van der Waals surface area (Å²) in [5.74, 6) is 0.864. The molecule has 9 atom stereocenters. The lowest BCUT2D eigenvalue weighted by Gasteiger charge is -2.55. The molecular weight excluding hydrogens is 440 g/mol. The number of rotatable bonds is 6. The van der Waals surface area contributed by atoms with Gasteiger partial charge >= 0.3 is 5.97 Å². The van der Waals surface area contributed by atoms with E-state index in [1.807, 2.05) is 13.8 Å². The Hall–Kier alpha value is -1.75. The molecule has 2 saturated carbocycles. The van der Waals surface area contributed by atoms with Crippen LogP contribution in [-0.2, 0) is 19.1 Å². The molecule has 0 aliphatic heterocycles. The van der Waals surface area contributed by atoms with Gasteiger partial charge in [-0.1, -0.05) is 39.8 Å². The Bertz CT molecular complexity index is 962. The molecule has 0 heterocycles. The molecule has 4 aliphatic carbocycles. The summed E-state index contributed by atoms with van der Waals surface area (Å²) in [7, 11) is 1.41. The van der Waals surface area contributed by atoms with Gasteiger partial charge in [0, 0.05) is 29.7 Å². The quantitative estimate of drug-likeness (QED) is 0.400. The predicted molar refractivity (Wildman–Crippen MR) is 135 cm³/mol. The first-order valence-corrected chi connectivity index (χ1v) is 13.6. The number of aliphatic hydroxyl groups is 1.